The molecule has 0 aromatic heterocycles. The van der Waals surface area contributed by atoms with Gasteiger partial charge in [-0.25, -0.2) is 0 Å². The third kappa shape index (κ3) is 10.3. The number of aryl methyl sites for hydroxylation is 1. The van der Waals surface area contributed by atoms with Crippen molar-refractivity contribution in [2.75, 3.05) is 6.54 Å². The molecule has 0 saturated carbocycles. The van der Waals surface area contributed by atoms with E-state index in [-0.39, 0.29) is 63.6 Å². The predicted molar refractivity (Wildman–Crippen MR) is 212 cm³/mol. The molecular weight excluding hydrogens is 650 g/mol. The van der Waals surface area contributed by atoms with Crippen LogP contribution in [0.1, 0.15) is 183 Å². The molecule has 2 N–H and O–H groups in total. The van der Waals surface area contributed by atoms with E-state index in [0.29, 0.717) is 37.3 Å². The molecule has 2 aromatic rings. The summed E-state index contributed by atoms with van der Waals surface area (Å²) in [6.45, 7) is 36.0. The molecule has 52 heavy (non-hydrogen) atoms. The standard InChI is InChI=1S/C45H71NO6/c1-18-36(47)52-35(29-23-33(42(8,9)10)39(50)34(24-29)43(11,12)13)27-46-44(14,15)25-30(26-45(46,16)17)51-37(48)20-19-28-21-31(40(2,3)4)38(49)32(22-28)41(5,6)7/h21-24,30,35,49-50H,18-20,25-27H2,1-17H3. The van der Waals surface area contributed by atoms with E-state index in [1.54, 1.807) is 6.92 Å². The summed E-state index contributed by atoms with van der Waals surface area (Å²) in [5.41, 5.74) is 3.40. The van der Waals surface area contributed by atoms with Gasteiger partial charge in [0.25, 0.3) is 0 Å². The van der Waals surface area contributed by atoms with Crippen LogP contribution in [0.3, 0.4) is 0 Å². The topological polar surface area (TPSA) is 96.3 Å². The Bertz CT molecular complexity index is 1520. The van der Waals surface area contributed by atoms with Crippen LogP contribution in [0.2, 0.25) is 0 Å². The average molecular weight is 722 g/mol. The minimum absolute atomic E-state index is 0.226. The van der Waals surface area contributed by atoms with Gasteiger partial charge in [0.1, 0.15) is 23.7 Å². The van der Waals surface area contributed by atoms with E-state index in [2.05, 4.69) is 116 Å². The molecule has 7 heteroatoms. The van der Waals surface area contributed by atoms with Crippen LogP contribution in [0.4, 0.5) is 0 Å². The van der Waals surface area contributed by atoms with Gasteiger partial charge in [-0.1, -0.05) is 102 Å². The van der Waals surface area contributed by atoms with Crippen molar-refractivity contribution in [3.8, 4) is 11.5 Å². The number of nitrogens with zero attached hydrogens (tertiary/aromatic N) is 1. The lowest BCUT2D eigenvalue weighted by Crippen LogP contribution is -2.63. The van der Waals surface area contributed by atoms with Gasteiger partial charge in [0, 0.05) is 43.3 Å². The monoisotopic (exact) mass is 722 g/mol. The summed E-state index contributed by atoms with van der Waals surface area (Å²) in [6.07, 6.45) is 1.48. The summed E-state index contributed by atoms with van der Waals surface area (Å²) >= 11 is 0. The van der Waals surface area contributed by atoms with Crippen molar-refractivity contribution in [1.82, 2.24) is 4.90 Å². The Hall–Kier alpha value is -3.06. The largest absolute Gasteiger partial charge is 0.507 e. The van der Waals surface area contributed by atoms with Crippen LogP contribution in [0.25, 0.3) is 0 Å². The van der Waals surface area contributed by atoms with Gasteiger partial charge < -0.3 is 19.7 Å². The van der Waals surface area contributed by atoms with Crippen LogP contribution in [0.5, 0.6) is 11.5 Å². The van der Waals surface area contributed by atoms with Crippen molar-refractivity contribution >= 4 is 11.9 Å². The van der Waals surface area contributed by atoms with Gasteiger partial charge >= 0.3 is 11.9 Å². The molecule has 1 saturated heterocycles. The first-order valence-electron chi connectivity index (χ1n) is 19.3. The van der Waals surface area contributed by atoms with Crippen LogP contribution < -0.4 is 0 Å². The van der Waals surface area contributed by atoms with Crippen LogP contribution >= 0.6 is 0 Å². The van der Waals surface area contributed by atoms with E-state index in [1.165, 1.54) is 0 Å². The predicted octanol–water partition coefficient (Wildman–Crippen LogP) is 10.5. The summed E-state index contributed by atoms with van der Waals surface area (Å²) in [5, 5.41) is 22.6. The van der Waals surface area contributed by atoms with E-state index in [0.717, 1.165) is 33.4 Å². The quantitative estimate of drug-likeness (QED) is 0.249. The van der Waals surface area contributed by atoms with Crippen molar-refractivity contribution in [3.63, 3.8) is 0 Å². The van der Waals surface area contributed by atoms with Crippen LogP contribution in [0, 0.1) is 0 Å². The van der Waals surface area contributed by atoms with Crippen molar-refractivity contribution in [3.05, 3.63) is 57.6 Å². The van der Waals surface area contributed by atoms with Crippen molar-refractivity contribution < 1.29 is 29.3 Å². The molecule has 1 atom stereocenters. The maximum absolute atomic E-state index is 13.4. The normalized spacial score (nSPS) is 17.9. The Kier molecular flexibility index (Phi) is 12.5. The number of piperidine rings is 1. The molecule has 0 amide bonds. The minimum Gasteiger partial charge on any atom is -0.507 e. The fraction of sp³-hybridized carbons (Fsp3) is 0.689. The van der Waals surface area contributed by atoms with Crippen LogP contribution in [-0.4, -0.2) is 50.8 Å². The first kappa shape index (κ1) is 43.3. The third-order valence-corrected chi connectivity index (χ3v) is 10.6. The molecule has 292 valence electrons. The fourth-order valence-electron chi connectivity index (χ4n) is 7.88. The Morgan fingerprint density at radius 1 is 0.712 bits per heavy atom. The second-order valence-corrected chi connectivity index (χ2v) is 20.6. The lowest BCUT2D eigenvalue weighted by molar-refractivity contribution is -0.167. The Labute approximate surface area is 315 Å². The summed E-state index contributed by atoms with van der Waals surface area (Å²) in [6, 6.07) is 8.09. The van der Waals surface area contributed by atoms with Crippen molar-refractivity contribution in [2.24, 2.45) is 0 Å². The molecule has 3 rings (SSSR count). The first-order chi connectivity index (χ1) is 23.4. The molecule has 0 spiro atoms. The number of rotatable bonds is 9. The third-order valence-electron chi connectivity index (χ3n) is 10.6. The van der Waals surface area contributed by atoms with E-state index in [9.17, 15) is 19.8 Å². The van der Waals surface area contributed by atoms with Crippen LogP contribution in [0.15, 0.2) is 24.3 Å². The second kappa shape index (κ2) is 15.0. The highest BCUT2D eigenvalue weighted by Gasteiger charge is 2.48. The van der Waals surface area contributed by atoms with Gasteiger partial charge in [-0.05, 0) is 101 Å². The number of hydrogen-bond acceptors (Lipinski definition) is 7. The van der Waals surface area contributed by atoms with E-state index in [4.69, 9.17) is 9.47 Å². The number of ether oxygens (including phenoxy) is 2. The summed E-state index contributed by atoms with van der Waals surface area (Å²) in [7, 11) is 0. The van der Waals surface area contributed by atoms with Crippen molar-refractivity contribution in [1.29, 1.82) is 0 Å². The maximum atomic E-state index is 13.4. The molecule has 1 unspecified atom stereocenters. The molecule has 0 radical (unpaired) electrons. The highest BCUT2D eigenvalue weighted by Crippen LogP contribution is 2.45. The zero-order chi connectivity index (χ0) is 40.0. The number of carbonyl (C=O) groups is 2. The number of likely N-dealkylation sites (tertiary alicyclic amines) is 1. The van der Waals surface area contributed by atoms with Crippen LogP contribution in [-0.2, 0) is 47.1 Å². The number of aromatic hydroxyl groups is 2. The smallest absolute Gasteiger partial charge is 0.306 e. The van der Waals surface area contributed by atoms with Gasteiger partial charge in [0.15, 0.2) is 0 Å². The van der Waals surface area contributed by atoms with E-state index in [1.807, 2.05) is 24.3 Å². The van der Waals surface area contributed by atoms with E-state index < -0.39 is 6.10 Å². The molecule has 1 fully saturated rings. The Balaban J connectivity index is 1.88. The summed E-state index contributed by atoms with van der Waals surface area (Å²) < 4.78 is 12.4. The highest BCUT2D eigenvalue weighted by molar-refractivity contribution is 5.70. The molecule has 1 aliphatic heterocycles. The lowest BCUT2D eigenvalue weighted by Gasteiger charge is -2.55. The fourth-order valence-corrected chi connectivity index (χ4v) is 7.88. The maximum Gasteiger partial charge on any atom is 0.306 e. The van der Waals surface area contributed by atoms with Crippen molar-refractivity contribution in [2.45, 2.75) is 195 Å². The van der Waals surface area contributed by atoms with Gasteiger partial charge in [-0.15, -0.1) is 0 Å². The molecule has 1 aliphatic rings. The first-order valence-corrected chi connectivity index (χ1v) is 19.3. The van der Waals surface area contributed by atoms with Gasteiger partial charge in [-0.3, -0.25) is 14.5 Å². The number of benzene rings is 2. The molecular formula is C45H71NO6. The lowest BCUT2D eigenvalue weighted by atomic mass is 9.76. The summed E-state index contributed by atoms with van der Waals surface area (Å²) in [5.74, 6) is 0.132. The Morgan fingerprint density at radius 2 is 1.10 bits per heavy atom. The average Bonchev–Trinajstić information content (AvgIpc) is 2.94. The Morgan fingerprint density at radius 3 is 1.46 bits per heavy atom. The number of esters is 2. The molecule has 0 aliphatic carbocycles. The molecule has 7 nitrogen and oxygen atoms in total. The number of phenols is 2. The molecule has 2 aromatic carbocycles. The highest BCUT2D eigenvalue weighted by atomic mass is 16.5. The molecule has 0 bridgehead atoms. The minimum atomic E-state index is -0.561. The zero-order valence-electron chi connectivity index (χ0n) is 35.7. The SMILES string of the molecule is CCC(=O)OC(CN1C(C)(C)CC(OC(=O)CCc2cc(C(C)(C)C)c(O)c(C(C)(C)C)c2)CC1(C)C)c1cc(C(C)(C)C)c(O)c(C(C)(C)C)c1. The number of carbonyl (C=O) groups excluding carboxylic acids is 2. The van der Waals surface area contributed by atoms with E-state index >= 15 is 0 Å². The summed E-state index contributed by atoms with van der Waals surface area (Å²) in [4.78, 5) is 28.7. The second-order valence-electron chi connectivity index (χ2n) is 20.6. The van der Waals surface area contributed by atoms with Gasteiger partial charge in [-0.2, -0.15) is 0 Å². The van der Waals surface area contributed by atoms with Gasteiger partial charge in [0.05, 0.1) is 0 Å². The van der Waals surface area contributed by atoms with Gasteiger partial charge in [0.2, 0.25) is 0 Å². The number of phenolic OH excluding ortho intramolecular Hbond substituents is 2. The zero-order valence-corrected chi connectivity index (χ0v) is 35.7. The number of hydrogen-bond donors (Lipinski definition) is 2. The molecule has 1 heterocycles.